The van der Waals surface area contributed by atoms with Crippen molar-refractivity contribution >= 4 is 0 Å². The first-order valence-corrected chi connectivity index (χ1v) is 8.91. The molecule has 1 aliphatic carbocycles. The summed E-state index contributed by atoms with van der Waals surface area (Å²) in [4.78, 5) is 0. The zero-order valence-electron chi connectivity index (χ0n) is 13.7. The van der Waals surface area contributed by atoms with Gasteiger partial charge in [0.25, 0.3) is 0 Å². The molecule has 0 aromatic heterocycles. The second-order valence-electron chi connectivity index (χ2n) is 6.44. The van der Waals surface area contributed by atoms with Gasteiger partial charge in [-0.05, 0) is 41.5 Å². The molecule has 3 rings (SSSR count). The molecule has 0 bridgehead atoms. The minimum atomic E-state index is 0.597. The van der Waals surface area contributed by atoms with Crippen molar-refractivity contribution < 1.29 is 0 Å². The second-order valence-corrected chi connectivity index (χ2v) is 6.44. The first kappa shape index (κ1) is 15.3. The molecule has 22 heavy (non-hydrogen) atoms. The van der Waals surface area contributed by atoms with Gasteiger partial charge in [0.15, 0.2) is 0 Å². The van der Waals surface area contributed by atoms with Crippen molar-refractivity contribution in [2.24, 2.45) is 0 Å². The van der Waals surface area contributed by atoms with E-state index in [0.29, 0.717) is 5.92 Å². The Hall–Kier alpha value is -1.56. The van der Waals surface area contributed by atoms with Crippen molar-refractivity contribution in [3.63, 3.8) is 0 Å². The molecular formula is C22H27. The first-order valence-electron chi connectivity index (χ1n) is 8.91. The summed E-state index contributed by atoms with van der Waals surface area (Å²) in [6, 6.07) is 17.9. The van der Waals surface area contributed by atoms with Gasteiger partial charge in [0, 0.05) is 5.92 Å². The summed E-state index contributed by atoms with van der Waals surface area (Å²) in [5.41, 5.74) is 5.96. The highest BCUT2D eigenvalue weighted by Gasteiger charge is 2.27. The number of hydrogen-bond donors (Lipinski definition) is 0. The van der Waals surface area contributed by atoms with Crippen molar-refractivity contribution in [2.45, 2.75) is 57.8 Å². The molecule has 0 saturated heterocycles. The largest absolute Gasteiger partial charge is 0.0654 e. The molecule has 0 spiro atoms. The van der Waals surface area contributed by atoms with Crippen LogP contribution in [0.1, 0.15) is 68.9 Å². The molecule has 1 aliphatic rings. The van der Waals surface area contributed by atoms with Crippen LogP contribution in [0.15, 0.2) is 48.5 Å². The second kappa shape index (κ2) is 7.63. The molecule has 0 aliphatic heterocycles. The van der Waals surface area contributed by atoms with Crippen LogP contribution in [0.3, 0.4) is 0 Å². The molecule has 0 heterocycles. The molecule has 1 radical (unpaired) electrons. The van der Waals surface area contributed by atoms with Gasteiger partial charge in [-0.15, -0.1) is 0 Å². The summed E-state index contributed by atoms with van der Waals surface area (Å²) in [6.07, 6.45) is 11.8. The van der Waals surface area contributed by atoms with E-state index in [-0.39, 0.29) is 0 Å². The van der Waals surface area contributed by atoms with E-state index in [1.807, 2.05) is 0 Å². The third-order valence-corrected chi connectivity index (χ3v) is 4.88. The van der Waals surface area contributed by atoms with Gasteiger partial charge < -0.3 is 0 Å². The van der Waals surface area contributed by atoms with E-state index in [2.05, 4.69) is 61.9 Å². The van der Waals surface area contributed by atoms with Gasteiger partial charge in [0.1, 0.15) is 0 Å². The molecular weight excluding hydrogens is 264 g/mol. The van der Waals surface area contributed by atoms with Crippen molar-refractivity contribution in [3.05, 3.63) is 66.1 Å². The molecule has 0 nitrogen and oxygen atoms in total. The zero-order valence-corrected chi connectivity index (χ0v) is 13.7. The van der Waals surface area contributed by atoms with Crippen LogP contribution >= 0.6 is 0 Å². The van der Waals surface area contributed by atoms with Crippen LogP contribution < -0.4 is 0 Å². The lowest BCUT2D eigenvalue weighted by molar-refractivity contribution is 0.633. The Kier molecular flexibility index (Phi) is 5.32. The maximum absolute atomic E-state index is 2.51. The van der Waals surface area contributed by atoms with Gasteiger partial charge >= 0.3 is 0 Å². The van der Waals surface area contributed by atoms with E-state index in [1.54, 1.807) is 0 Å². The van der Waals surface area contributed by atoms with Gasteiger partial charge in [0.05, 0.1) is 0 Å². The lowest BCUT2D eigenvalue weighted by atomic mass is 9.91. The number of hydrogen-bond acceptors (Lipinski definition) is 0. The summed E-state index contributed by atoms with van der Waals surface area (Å²) < 4.78 is 0. The Morgan fingerprint density at radius 1 is 0.773 bits per heavy atom. The Bertz CT molecular complexity index is 551. The van der Waals surface area contributed by atoms with Crippen molar-refractivity contribution in [1.29, 1.82) is 0 Å². The van der Waals surface area contributed by atoms with Gasteiger partial charge in [-0.3, -0.25) is 0 Å². The number of benzene rings is 2. The summed E-state index contributed by atoms with van der Waals surface area (Å²) in [5, 5.41) is 0. The van der Waals surface area contributed by atoms with Crippen LogP contribution in [0, 0.1) is 6.42 Å². The van der Waals surface area contributed by atoms with E-state index >= 15 is 0 Å². The quantitative estimate of drug-likeness (QED) is 0.472. The highest BCUT2D eigenvalue weighted by Crippen LogP contribution is 2.46. The molecule has 0 fully saturated rings. The summed E-state index contributed by atoms with van der Waals surface area (Å²) in [6.45, 7) is 2.28. The topological polar surface area (TPSA) is 0 Å². The summed E-state index contributed by atoms with van der Waals surface area (Å²) in [5.74, 6) is 0.597. The molecule has 0 heteroatoms. The van der Waals surface area contributed by atoms with Gasteiger partial charge in [-0.1, -0.05) is 87.6 Å². The Morgan fingerprint density at radius 2 is 1.41 bits per heavy atom. The molecule has 0 unspecified atom stereocenters. The van der Waals surface area contributed by atoms with Crippen LogP contribution in [0.2, 0.25) is 0 Å². The lowest BCUT2D eigenvalue weighted by Gasteiger charge is -2.13. The van der Waals surface area contributed by atoms with E-state index in [0.717, 1.165) is 0 Å². The first-order chi connectivity index (χ1) is 10.9. The predicted molar refractivity (Wildman–Crippen MR) is 96.0 cm³/mol. The molecule has 0 saturated carbocycles. The molecule has 2 aromatic carbocycles. The third-order valence-electron chi connectivity index (χ3n) is 4.88. The summed E-state index contributed by atoms with van der Waals surface area (Å²) >= 11 is 0. The number of rotatable bonds is 8. The fraction of sp³-hybridized carbons (Fsp3) is 0.409. The van der Waals surface area contributed by atoms with E-state index in [9.17, 15) is 0 Å². The lowest BCUT2D eigenvalue weighted by Crippen LogP contribution is -1.97. The molecule has 115 valence electrons. The average Bonchev–Trinajstić information content (AvgIpc) is 2.89. The SMILES string of the molecule is CCCCCC[CH]CCC1c2ccccc2-c2ccccc21. The third kappa shape index (κ3) is 3.27. The van der Waals surface area contributed by atoms with Crippen LogP contribution in [0.4, 0.5) is 0 Å². The van der Waals surface area contributed by atoms with E-state index in [4.69, 9.17) is 0 Å². The molecule has 2 aromatic rings. The van der Waals surface area contributed by atoms with Crippen LogP contribution in [0.25, 0.3) is 11.1 Å². The maximum atomic E-state index is 2.51. The average molecular weight is 291 g/mol. The smallest absolute Gasteiger partial charge is 0.0102 e. The van der Waals surface area contributed by atoms with Crippen molar-refractivity contribution in [2.75, 3.05) is 0 Å². The fourth-order valence-electron chi connectivity index (χ4n) is 3.72. The Morgan fingerprint density at radius 3 is 2.05 bits per heavy atom. The summed E-state index contributed by atoms with van der Waals surface area (Å²) in [7, 11) is 0. The highest BCUT2D eigenvalue weighted by atomic mass is 14.3. The number of unbranched alkanes of at least 4 members (excludes halogenated alkanes) is 6. The van der Waals surface area contributed by atoms with Crippen molar-refractivity contribution in [1.82, 2.24) is 0 Å². The van der Waals surface area contributed by atoms with E-state index in [1.165, 1.54) is 67.2 Å². The monoisotopic (exact) mass is 291 g/mol. The Balaban J connectivity index is 1.60. The van der Waals surface area contributed by atoms with Gasteiger partial charge in [0.2, 0.25) is 0 Å². The molecule has 0 amide bonds. The maximum Gasteiger partial charge on any atom is 0.0102 e. The molecule has 0 N–H and O–H groups in total. The van der Waals surface area contributed by atoms with Crippen molar-refractivity contribution in [3.8, 4) is 11.1 Å². The van der Waals surface area contributed by atoms with E-state index < -0.39 is 0 Å². The molecule has 0 atom stereocenters. The standard InChI is InChI=1S/C22H27/c1-2-3-4-5-6-7-8-13-18-19-14-9-11-16-21(19)22-17-12-10-15-20(18)22/h7,9-12,14-18H,2-6,8,13H2,1H3. The van der Waals surface area contributed by atoms with Crippen LogP contribution in [-0.2, 0) is 0 Å². The number of fused-ring (bicyclic) bond motifs is 3. The predicted octanol–water partition coefficient (Wildman–Crippen LogP) is 6.75. The zero-order chi connectivity index (χ0) is 15.2. The van der Waals surface area contributed by atoms with Gasteiger partial charge in [-0.25, -0.2) is 0 Å². The minimum Gasteiger partial charge on any atom is -0.0654 e. The highest BCUT2D eigenvalue weighted by molar-refractivity contribution is 5.78. The van der Waals surface area contributed by atoms with Gasteiger partial charge in [-0.2, -0.15) is 0 Å². The fourth-order valence-corrected chi connectivity index (χ4v) is 3.72. The minimum absolute atomic E-state index is 0.597. The normalized spacial score (nSPS) is 13.1. The van der Waals surface area contributed by atoms with Crippen LogP contribution in [0.5, 0.6) is 0 Å². The van der Waals surface area contributed by atoms with Crippen LogP contribution in [-0.4, -0.2) is 0 Å². The Labute approximate surface area is 135 Å².